The Morgan fingerprint density at radius 1 is 1.62 bits per heavy atom. The maximum atomic E-state index is 11.1. The quantitative estimate of drug-likeness (QED) is 0.550. The molecule has 0 aliphatic carbocycles. The van der Waals surface area contributed by atoms with Gasteiger partial charge in [0, 0.05) is 13.0 Å². The molecule has 4 N–H and O–H groups in total. The summed E-state index contributed by atoms with van der Waals surface area (Å²) in [6.07, 6.45) is 0.786. The van der Waals surface area contributed by atoms with E-state index < -0.39 is 0 Å². The maximum Gasteiger partial charge on any atom is 0.251 e. The largest absolute Gasteiger partial charge is 0.370 e. The number of hydrogen-bond acceptors (Lipinski definition) is 4. The predicted octanol–water partition coefficient (Wildman–Crippen LogP) is -1.59. The molecule has 0 aromatic rings. The van der Waals surface area contributed by atoms with Crippen LogP contribution >= 0.6 is 0 Å². The van der Waals surface area contributed by atoms with Gasteiger partial charge in [-0.25, -0.2) is 4.99 Å². The summed E-state index contributed by atoms with van der Waals surface area (Å²) in [4.78, 5) is 26.6. The fourth-order valence-electron chi connectivity index (χ4n) is 1.10. The molecule has 1 rings (SSSR count). The van der Waals surface area contributed by atoms with Crippen molar-refractivity contribution in [3.8, 4) is 0 Å². The van der Waals surface area contributed by atoms with E-state index in [2.05, 4.69) is 4.99 Å². The number of primary amides is 1. The monoisotopic (exact) mass is 184 g/mol. The number of amides is 2. The first-order valence-electron chi connectivity index (χ1n) is 4.00. The van der Waals surface area contributed by atoms with E-state index in [0.717, 1.165) is 0 Å². The van der Waals surface area contributed by atoms with Crippen LogP contribution < -0.4 is 11.5 Å². The highest BCUT2D eigenvalue weighted by molar-refractivity contribution is 6.02. The topological polar surface area (TPSA) is 102 Å². The van der Waals surface area contributed by atoms with Gasteiger partial charge < -0.3 is 11.5 Å². The number of carbonyl (C=O) groups is 2. The Morgan fingerprint density at radius 3 is 2.77 bits per heavy atom. The number of nitrogens with two attached hydrogens (primary N) is 2. The molecule has 0 radical (unpaired) electrons. The molecule has 0 saturated heterocycles. The van der Waals surface area contributed by atoms with Gasteiger partial charge in [-0.05, 0) is 6.42 Å². The van der Waals surface area contributed by atoms with Crippen LogP contribution in [0.4, 0.5) is 0 Å². The molecular formula is C7H12N4O2. The lowest BCUT2D eigenvalue weighted by Crippen LogP contribution is -2.38. The molecule has 72 valence electrons. The number of nitrogens with zero attached hydrogens (tertiary/aromatic N) is 2. The second-order valence-electron chi connectivity index (χ2n) is 2.79. The van der Waals surface area contributed by atoms with Gasteiger partial charge in [0.1, 0.15) is 6.54 Å². The summed E-state index contributed by atoms with van der Waals surface area (Å²) >= 11 is 0. The Bertz CT molecular complexity index is 261. The van der Waals surface area contributed by atoms with E-state index in [0.29, 0.717) is 13.0 Å². The molecule has 0 unspecified atom stereocenters. The lowest BCUT2D eigenvalue weighted by atomic mass is 10.3. The lowest BCUT2D eigenvalue weighted by Gasteiger charge is -2.14. The van der Waals surface area contributed by atoms with Gasteiger partial charge in [-0.2, -0.15) is 0 Å². The van der Waals surface area contributed by atoms with Gasteiger partial charge >= 0.3 is 0 Å². The van der Waals surface area contributed by atoms with Crippen molar-refractivity contribution in [3.05, 3.63) is 0 Å². The second-order valence-corrected chi connectivity index (χ2v) is 2.79. The van der Waals surface area contributed by atoms with Crippen LogP contribution in [0.3, 0.4) is 0 Å². The Labute approximate surface area is 75.6 Å². The predicted molar refractivity (Wildman–Crippen MR) is 46.6 cm³/mol. The van der Waals surface area contributed by atoms with Gasteiger partial charge in [-0.1, -0.05) is 0 Å². The first-order valence-corrected chi connectivity index (χ1v) is 4.00. The van der Waals surface area contributed by atoms with E-state index in [-0.39, 0.29) is 30.7 Å². The average molecular weight is 184 g/mol. The Kier molecular flexibility index (Phi) is 2.84. The number of aliphatic imine (C=N–C) groups is 1. The molecule has 0 fully saturated rings. The Hall–Kier alpha value is -1.59. The summed E-state index contributed by atoms with van der Waals surface area (Å²) in [5.74, 6) is -0.265. The molecule has 13 heavy (non-hydrogen) atoms. The van der Waals surface area contributed by atoms with Crippen LogP contribution in [0, 0.1) is 0 Å². The number of hydrogen-bond donors (Lipinski definition) is 2. The highest BCUT2D eigenvalue weighted by Crippen LogP contribution is 2.02. The van der Waals surface area contributed by atoms with E-state index in [4.69, 9.17) is 11.5 Å². The zero-order valence-corrected chi connectivity index (χ0v) is 7.19. The molecule has 1 aliphatic heterocycles. The minimum atomic E-state index is -0.373. The van der Waals surface area contributed by atoms with Crippen molar-refractivity contribution in [1.29, 1.82) is 0 Å². The van der Waals surface area contributed by atoms with Crippen molar-refractivity contribution < 1.29 is 9.59 Å². The number of guanidine groups is 1. The van der Waals surface area contributed by atoms with Crippen LogP contribution in [0.25, 0.3) is 0 Å². The van der Waals surface area contributed by atoms with Gasteiger partial charge in [0.05, 0.1) is 0 Å². The Balaban J connectivity index is 2.32. The van der Waals surface area contributed by atoms with Crippen LogP contribution in [0.5, 0.6) is 0 Å². The van der Waals surface area contributed by atoms with Crippen molar-refractivity contribution in [2.24, 2.45) is 16.5 Å². The Morgan fingerprint density at radius 2 is 2.31 bits per heavy atom. The molecule has 0 aromatic heterocycles. The number of carbonyl (C=O) groups excluding carboxylic acids is 2. The molecule has 6 nitrogen and oxygen atoms in total. The molecule has 0 aromatic carbocycles. The second kappa shape index (κ2) is 3.88. The third-order valence-corrected chi connectivity index (χ3v) is 1.76. The van der Waals surface area contributed by atoms with E-state index in [1.807, 2.05) is 0 Å². The smallest absolute Gasteiger partial charge is 0.251 e. The molecule has 6 heteroatoms. The molecule has 0 bridgehead atoms. The van der Waals surface area contributed by atoms with Gasteiger partial charge in [0.2, 0.25) is 5.91 Å². The summed E-state index contributed by atoms with van der Waals surface area (Å²) in [6.45, 7) is 0.527. The zero-order valence-electron chi connectivity index (χ0n) is 7.19. The summed E-state index contributed by atoms with van der Waals surface area (Å²) in [6, 6.07) is 0. The van der Waals surface area contributed by atoms with E-state index >= 15 is 0 Å². The van der Waals surface area contributed by atoms with Crippen molar-refractivity contribution in [2.45, 2.75) is 12.8 Å². The van der Waals surface area contributed by atoms with Gasteiger partial charge in [-0.15, -0.1) is 0 Å². The molecule has 2 amide bonds. The van der Waals surface area contributed by atoms with Crippen molar-refractivity contribution in [1.82, 2.24) is 4.90 Å². The van der Waals surface area contributed by atoms with E-state index in [1.54, 1.807) is 0 Å². The van der Waals surface area contributed by atoms with Crippen molar-refractivity contribution >= 4 is 17.8 Å². The van der Waals surface area contributed by atoms with Gasteiger partial charge in [-0.3, -0.25) is 14.5 Å². The minimum absolute atomic E-state index is 0.113. The fourth-order valence-corrected chi connectivity index (χ4v) is 1.10. The van der Waals surface area contributed by atoms with Crippen LogP contribution in [0.1, 0.15) is 12.8 Å². The SMILES string of the molecule is NC(=O)CCCN1C(=O)CN=C1N. The van der Waals surface area contributed by atoms with Crippen LogP contribution in [0.2, 0.25) is 0 Å². The average Bonchev–Trinajstić information content (AvgIpc) is 2.34. The molecule has 0 saturated carbocycles. The molecular weight excluding hydrogens is 172 g/mol. The molecule has 1 aliphatic rings. The first kappa shape index (κ1) is 9.50. The highest BCUT2D eigenvalue weighted by atomic mass is 16.2. The van der Waals surface area contributed by atoms with Crippen LogP contribution in [-0.2, 0) is 9.59 Å². The standard InChI is InChI=1S/C7H12N4O2/c8-5(12)2-1-3-11-6(13)4-10-7(11)9/h1-4H2,(H2,8,12)(H2,9,10). The van der Waals surface area contributed by atoms with Gasteiger partial charge in [0.15, 0.2) is 5.96 Å². The normalized spacial score (nSPS) is 16.2. The van der Waals surface area contributed by atoms with E-state index in [9.17, 15) is 9.59 Å². The third kappa shape index (κ3) is 2.43. The zero-order chi connectivity index (χ0) is 9.84. The minimum Gasteiger partial charge on any atom is -0.370 e. The molecule has 0 spiro atoms. The summed E-state index contributed by atoms with van der Waals surface area (Å²) in [5, 5.41) is 0. The van der Waals surface area contributed by atoms with Crippen molar-refractivity contribution in [2.75, 3.05) is 13.1 Å². The molecule has 1 heterocycles. The molecule has 0 atom stereocenters. The number of rotatable bonds is 4. The lowest BCUT2D eigenvalue weighted by molar-refractivity contribution is -0.125. The third-order valence-electron chi connectivity index (χ3n) is 1.76. The van der Waals surface area contributed by atoms with E-state index in [1.165, 1.54) is 4.90 Å². The van der Waals surface area contributed by atoms with Crippen LogP contribution in [0.15, 0.2) is 4.99 Å². The fraction of sp³-hybridized carbons (Fsp3) is 0.571. The highest BCUT2D eigenvalue weighted by Gasteiger charge is 2.22. The van der Waals surface area contributed by atoms with Crippen molar-refractivity contribution in [3.63, 3.8) is 0 Å². The summed E-state index contributed by atoms with van der Waals surface area (Å²) in [7, 11) is 0. The first-order chi connectivity index (χ1) is 6.11. The maximum absolute atomic E-state index is 11.1. The summed E-state index contributed by atoms with van der Waals surface area (Å²) < 4.78 is 0. The van der Waals surface area contributed by atoms with Gasteiger partial charge in [0.25, 0.3) is 5.91 Å². The summed E-state index contributed by atoms with van der Waals surface area (Å²) in [5.41, 5.74) is 10.4. The van der Waals surface area contributed by atoms with Crippen LogP contribution in [-0.4, -0.2) is 35.8 Å².